The summed E-state index contributed by atoms with van der Waals surface area (Å²) in [6.45, 7) is 3.70. The summed E-state index contributed by atoms with van der Waals surface area (Å²) < 4.78 is 5.65. The molecule has 82 valence electrons. The molecule has 0 N–H and O–H groups in total. The Labute approximate surface area is 97.8 Å². The molecule has 1 aromatic rings. The summed E-state index contributed by atoms with van der Waals surface area (Å²) in [7, 11) is 0. The standard InChI is InChI=1S/C10H14BrN3O/c1-8-7-15-9(5-11)6-14(8)10-12-3-2-4-13-10/h2-4,8-9H,5-7H2,1H3. The first kappa shape index (κ1) is 10.8. The Morgan fingerprint density at radius 3 is 2.93 bits per heavy atom. The van der Waals surface area contributed by atoms with Crippen molar-refractivity contribution in [3.8, 4) is 0 Å². The molecule has 2 heterocycles. The van der Waals surface area contributed by atoms with Crippen LogP contribution in [0.2, 0.25) is 0 Å². The van der Waals surface area contributed by atoms with Crippen molar-refractivity contribution in [2.75, 3.05) is 23.4 Å². The highest BCUT2D eigenvalue weighted by Gasteiger charge is 2.26. The van der Waals surface area contributed by atoms with Crippen molar-refractivity contribution < 1.29 is 4.74 Å². The zero-order valence-corrected chi connectivity index (χ0v) is 10.2. The summed E-state index contributed by atoms with van der Waals surface area (Å²) in [5, 5.41) is 0.850. The van der Waals surface area contributed by atoms with Crippen LogP contribution < -0.4 is 4.90 Å². The maximum absolute atomic E-state index is 5.65. The largest absolute Gasteiger partial charge is 0.373 e. The van der Waals surface area contributed by atoms with Crippen molar-refractivity contribution in [3.63, 3.8) is 0 Å². The van der Waals surface area contributed by atoms with E-state index in [1.165, 1.54) is 0 Å². The second kappa shape index (κ2) is 4.90. The van der Waals surface area contributed by atoms with Gasteiger partial charge in [-0.1, -0.05) is 15.9 Å². The molecule has 1 saturated heterocycles. The Bertz CT molecular complexity index is 309. The summed E-state index contributed by atoms with van der Waals surface area (Å²) in [6.07, 6.45) is 3.77. The number of halogens is 1. The van der Waals surface area contributed by atoms with E-state index in [1.807, 2.05) is 6.07 Å². The highest BCUT2D eigenvalue weighted by molar-refractivity contribution is 9.09. The molecule has 0 spiro atoms. The third-order valence-electron chi connectivity index (χ3n) is 2.49. The summed E-state index contributed by atoms with van der Waals surface area (Å²) in [5.41, 5.74) is 0. The van der Waals surface area contributed by atoms with Crippen LogP contribution in [-0.4, -0.2) is 40.6 Å². The smallest absolute Gasteiger partial charge is 0.225 e. The molecule has 0 amide bonds. The zero-order chi connectivity index (χ0) is 10.7. The van der Waals surface area contributed by atoms with Crippen LogP contribution in [0.15, 0.2) is 18.5 Å². The van der Waals surface area contributed by atoms with Gasteiger partial charge in [0.1, 0.15) is 0 Å². The molecule has 0 radical (unpaired) electrons. The lowest BCUT2D eigenvalue weighted by atomic mass is 10.2. The first-order valence-corrected chi connectivity index (χ1v) is 6.14. The number of alkyl halides is 1. The van der Waals surface area contributed by atoms with Gasteiger partial charge in [0.05, 0.1) is 18.8 Å². The average molecular weight is 272 g/mol. The van der Waals surface area contributed by atoms with Crippen LogP contribution in [0.1, 0.15) is 6.92 Å². The SMILES string of the molecule is CC1COC(CBr)CN1c1ncccn1. The number of aromatic nitrogens is 2. The lowest BCUT2D eigenvalue weighted by Crippen LogP contribution is -2.49. The van der Waals surface area contributed by atoms with Crippen LogP contribution in [-0.2, 0) is 4.74 Å². The summed E-state index contributed by atoms with van der Waals surface area (Å²) in [4.78, 5) is 10.7. The number of morpholine rings is 1. The fraction of sp³-hybridized carbons (Fsp3) is 0.600. The van der Waals surface area contributed by atoms with Crippen LogP contribution in [0, 0.1) is 0 Å². The molecule has 0 saturated carbocycles. The summed E-state index contributed by atoms with van der Waals surface area (Å²) in [6, 6.07) is 2.17. The van der Waals surface area contributed by atoms with E-state index in [0.717, 1.165) is 24.4 Å². The number of anilines is 1. The number of nitrogens with zero attached hydrogens (tertiary/aromatic N) is 3. The van der Waals surface area contributed by atoms with Crippen molar-refractivity contribution in [2.24, 2.45) is 0 Å². The normalized spacial score (nSPS) is 26.7. The van der Waals surface area contributed by atoms with Crippen molar-refractivity contribution >= 4 is 21.9 Å². The molecule has 1 fully saturated rings. The fourth-order valence-electron chi connectivity index (χ4n) is 1.63. The topological polar surface area (TPSA) is 38.2 Å². The second-order valence-electron chi connectivity index (χ2n) is 3.66. The lowest BCUT2D eigenvalue weighted by Gasteiger charge is -2.37. The monoisotopic (exact) mass is 271 g/mol. The van der Waals surface area contributed by atoms with Crippen LogP contribution in [0.5, 0.6) is 0 Å². The van der Waals surface area contributed by atoms with Gasteiger partial charge in [0.25, 0.3) is 0 Å². The molecule has 5 heteroatoms. The zero-order valence-electron chi connectivity index (χ0n) is 8.64. The lowest BCUT2D eigenvalue weighted by molar-refractivity contribution is 0.0373. The van der Waals surface area contributed by atoms with E-state index in [0.29, 0.717) is 6.04 Å². The Morgan fingerprint density at radius 2 is 2.27 bits per heavy atom. The summed E-state index contributed by atoms with van der Waals surface area (Å²) >= 11 is 3.44. The highest BCUT2D eigenvalue weighted by atomic mass is 79.9. The maximum atomic E-state index is 5.65. The van der Waals surface area contributed by atoms with Gasteiger partial charge >= 0.3 is 0 Å². The quantitative estimate of drug-likeness (QED) is 0.764. The first-order chi connectivity index (χ1) is 7.31. The van der Waals surface area contributed by atoms with Crippen molar-refractivity contribution in [1.29, 1.82) is 0 Å². The minimum absolute atomic E-state index is 0.227. The van der Waals surface area contributed by atoms with E-state index in [2.05, 4.69) is 37.7 Å². The van der Waals surface area contributed by atoms with Crippen LogP contribution >= 0.6 is 15.9 Å². The Balaban J connectivity index is 2.13. The van der Waals surface area contributed by atoms with Gasteiger partial charge in [-0.25, -0.2) is 9.97 Å². The molecule has 1 aliphatic rings. The molecule has 0 aromatic carbocycles. The second-order valence-corrected chi connectivity index (χ2v) is 4.31. The van der Waals surface area contributed by atoms with Crippen molar-refractivity contribution in [2.45, 2.75) is 19.1 Å². The fourth-order valence-corrected chi connectivity index (χ4v) is 2.02. The third-order valence-corrected chi connectivity index (χ3v) is 3.21. The van der Waals surface area contributed by atoms with E-state index in [1.54, 1.807) is 12.4 Å². The van der Waals surface area contributed by atoms with E-state index in [-0.39, 0.29) is 6.10 Å². The Hall–Kier alpha value is -0.680. The average Bonchev–Trinajstić information content (AvgIpc) is 2.31. The van der Waals surface area contributed by atoms with Crippen molar-refractivity contribution in [3.05, 3.63) is 18.5 Å². The van der Waals surface area contributed by atoms with Gasteiger partial charge in [0, 0.05) is 24.3 Å². The van der Waals surface area contributed by atoms with Gasteiger partial charge in [0.2, 0.25) is 5.95 Å². The molecule has 0 bridgehead atoms. The minimum atomic E-state index is 0.227. The molecule has 1 aromatic heterocycles. The van der Waals surface area contributed by atoms with Crippen molar-refractivity contribution in [1.82, 2.24) is 9.97 Å². The maximum Gasteiger partial charge on any atom is 0.225 e. The molecule has 2 unspecified atom stereocenters. The van der Waals surface area contributed by atoms with E-state index >= 15 is 0 Å². The van der Waals surface area contributed by atoms with Gasteiger partial charge in [-0.05, 0) is 13.0 Å². The highest BCUT2D eigenvalue weighted by Crippen LogP contribution is 2.17. The van der Waals surface area contributed by atoms with E-state index in [9.17, 15) is 0 Å². The Morgan fingerprint density at radius 1 is 1.53 bits per heavy atom. The number of hydrogen-bond acceptors (Lipinski definition) is 4. The van der Waals surface area contributed by atoms with Gasteiger partial charge in [-0.15, -0.1) is 0 Å². The minimum Gasteiger partial charge on any atom is -0.373 e. The predicted molar refractivity (Wildman–Crippen MR) is 62.4 cm³/mol. The molecular formula is C10H14BrN3O. The number of ether oxygens (including phenoxy) is 1. The number of rotatable bonds is 2. The molecule has 15 heavy (non-hydrogen) atoms. The van der Waals surface area contributed by atoms with Crippen LogP contribution in [0.3, 0.4) is 0 Å². The molecular weight excluding hydrogens is 258 g/mol. The Kier molecular flexibility index (Phi) is 3.53. The van der Waals surface area contributed by atoms with Gasteiger partial charge in [-0.3, -0.25) is 0 Å². The van der Waals surface area contributed by atoms with Crippen LogP contribution in [0.25, 0.3) is 0 Å². The molecule has 0 aliphatic carbocycles. The van der Waals surface area contributed by atoms with Crippen LogP contribution in [0.4, 0.5) is 5.95 Å². The molecule has 2 atom stereocenters. The van der Waals surface area contributed by atoms with E-state index in [4.69, 9.17) is 4.74 Å². The molecule has 1 aliphatic heterocycles. The predicted octanol–water partition coefficient (Wildman–Crippen LogP) is 1.47. The first-order valence-electron chi connectivity index (χ1n) is 5.02. The van der Waals surface area contributed by atoms with Gasteiger partial charge in [-0.2, -0.15) is 0 Å². The number of hydrogen-bond donors (Lipinski definition) is 0. The molecule has 2 rings (SSSR count). The van der Waals surface area contributed by atoms with Gasteiger partial charge < -0.3 is 9.64 Å². The molecule has 4 nitrogen and oxygen atoms in total. The van der Waals surface area contributed by atoms with E-state index < -0.39 is 0 Å². The summed E-state index contributed by atoms with van der Waals surface area (Å²) in [5.74, 6) is 0.791. The third kappa shape index (κ3) is 2.46. The van der Waals surface area contributed by atoms with Gasteiger partial charge in [0.15, 0.2) is 0 Å².